The first-order chi connectivity index (χ1) is 9.37. The Morgan fingerprint density at radius 1 is 1.30 bits per heavy atom. The summed E-state index contributed by atoms with van der Waals surface area (Å²) in [7, 11) is 0. The van der Waals surface area contributed by atoms with Crippen LogP contribution in [0.2, 0.25) is 0 Å². The van der Waals surface area contributed by atoms with Crippen molar-refractivity contribution in [2.75, 3.05) is 18.0 Å². The zero-order valence-corrected chi connectivity index (χ0v) is 10.1. The van der Waals surface area contributed by atoms with Crippen LogP contribution in [-0.2, 0) is 4.79 Å². The van der Waals surface area contributed by atoms with E-state index in [4.69, 9.17) is 5.11 Å². The lowest BCUT2D eigenvalue weighted by atomic mass is 10.2. The largest absolute Gasteiger partial charge is 0.480 e. The number of alkyl halides is 3. The number of hydrogen-bond donors (Lipinski definition) is 1. The van der Waals surface area contributed by atoms with E-state index in [1.165, 1.54) is 6.20 Å². The van der Waals surface area contributed by atoms with Gasteiger partial charge in [0, 0.05) is 10.8 Å². The van der Waals surface area contributed by atoms with Crippen LogP contribution in [0.25, 0.3) is 10.8 Å². The van der Waals surface area contributed by atoms with Gasteiger partial charge in [-0.15, -0.1) is 5.10 Å². The molecule has 2 rings (SSSR count). The molecule has 8 heteroatoms. The number of rotatable bonds is 4. The van der Waals surface area contributed by atoms with Crippen LogP contribution in [0.4, 0.5) is 19.0 Å². The molecule has 0 spiro atoms. The molecule has 0 bridgehead atoms. The van der Waals surface area contributed by atoms with E-state index in [0.29, 0.717) is 15.7 Å². The Balaban J connectivity index is 2.47. The summed E-state index contributed by atoms with van der Waals surface area (Å²) in [5, 5.41) is 17.0. The first kappa shape index (κ1) is 14.0. The van der Waals surface area contributed by atoms with Crippen molar-refractivity contribution >= 4 is 22.6 Å². The molecule has 0 saturated heterocycles. The van der Waals surface area contributed by atoms with Crippen molar-refractivity contribution < 1.29 is 23.1 Å². The number of hydrogen-bond acceptors (Lipinski definition) is 4. The van der Waals surface area contributed by atoms with Crippen molar-refractivity contribution in [3.05, 3.63) is 30.5 Å². The molecular weight excluding hydrogens is 275 g/mol. The van der Waals surface area contributed by atoms with Crippen LogP contribution in [0.3, 0.4) is 0 Å². The Hall–Kier alpha value is -2.38. The van der Waals surface area contributed by atoms with E-state index < -0.39 is 25.2 Å². The summed E-state index contributed by atoms with van der Waals surface area (Å²) in [5.41, 5.74) is 0. The molecule has 1 aromatic carbocycles. The number of benzene rings is 1. The first-order valence-electron chi connectivity index (χ1n) is 5.61. The Bertz CT molecular complexity index is 625. The van der Waals surface area contributed by atoms with Gasteiger partial charge in [-0.1, -0.05) is 24.3 Å². The maximum atomic E-state index is 12.6. The quantitative estimate of drug-likeness (QED) is 0.931. The highest BCUT2D eigenvalue weighted by atomic mass is 19.4. The highest BCUT2D eigenvalue weighted by Crippen LogP contribution is 2.26. The summed E-state index contributed by atoms with van der Waals surface area (Å²) in [6.07, 6.45) is -3.13. The maximum Gasteiger partial charge on any atom is 0.405 e. The molecule has 0 amide bonds. The fraction of sp³-hybridized carbons (Fsp3) is 0.250. The molecular formula is C12H10F3N3O2. The van der Waals surface area contributed by atoms with Gasteiger partial charge < -0.3 is 10.0 Å². The molecule has 0 aliphatic carbocycles. The Labute approximate surface area is 111 Å². The first-order valence-corrected chi connectivity index (χ1v) is 5.61. The van der Waals surface area contributed by atoms with Crippen LogP contribution in [0.5, 0.6) is 0 Å². The summed E-state index contributed by atoms with van der Waals surface area (Å²) < 4.78 is 37.7. The second-order valence-electron chi connectivity index (χ2n) is 4.12. The fourth-order valence-corrected chi connectivity index (χ4v) is 1.83. The van der Waals surface area contributed by atoms with Crippen molar-refractivity contribution in [3.8, 4) is 0 Å². The minimum atomic E-state index is -4.53. The van der Waals surface area contributed by atoms with E-state index >= 15 is 0 Å². The zero-order chi connectivity index (χ0) is 14.8. The van der Waals surface area contributed by atoms with E-state index in [1.807, 2.05) is 0 Å². The number of nitrogens with zero attached hydrogens (tertiary/aromatic N) is 3. The predicted octanol–water partition coefficient (Wildman–Crippen LogP) is 2.08. The van der Waals surface area contributed by atoms with Crippen molar-refractivity contribution in [2.24, 2.45) is 0 Å². The van der Waals surface area contributed by atoms with Crippen LogP contribution < -0.4 is 4.90 Å². The average Bonchev–Trinajstić information content (AvgIpc) is 2.35. The van der Waals surface area contributed by atoms with Crippen LogP contribution in [0, 0.1) is 0 Å². The molecule has 1 N–H and O–H groups in total. The smallest absolute Gasteiger partial charge is 0.405 e. The van der Waals surface area contributed by atoms with E-state index in [-0.39, 0.29) is 5.82 Å². The second kappa shape index (κ2) is 5.32. The number of carbonyl (C=O) groups is 1. The Morgan fingerprint density at radius 3 is 2.65 bits per heavy atom. The Morgan fingerprint density at radius 2 is 2.00 bits per heavy atom. The number of fused-ring (bicyclic) bond motifs is 1. The lowest BCUT2D eigenvalue weighted by Crippen LogP contribution is -2.38. The molecule has 20 heavy (non-hydrogen) atoms. The number of carboxylic acid groups (broad SMARTS) is 1. The van der Waals surface area contributed by atoms with Crippen LogP contribution in [0.1, 0.15) is 0 Å². The highest BCUT2D eigenvalue weighted by molar-refractivity contribution is 5.92. The molecule has 0 radical (unpaired) electrons. The lowest BCUT2D eigenvalue weighted by Gasteiger charge is -2.23. The van der Waals surface area contributed by atoms with E-state index in [9.17, 15) is 18.0 Å². The number of aliphatic carboxylic acids is 1. The summed E-state index contributed by atoms with van der Waals surface area (Å²) in [6, 6.07) is 6.59. The molecule has 0 atom stereocenters. The third kappa shape index (κ3) is 3.34. The highest BCUT2D eigenvalue weighted by Gasteiger charge is 2.33. The van der Waals surface area contributed by atoms with Crippen LogP contribution in [-0.4, -0.2) is 40.5 Å². The van der Waals surface area contributed by atoms with Gasteiger partial charge >= 0.3 is 12.1 Å². The summed E-state index contributed by atoms with van der Waals surface area (Å²) in [6.45, 7) is -2.20. The van der Waals surface area contributed by atoms with Gasteiger partial charge in [0.1, 0.15) is 13.1 Å². The molecule has 0 aliphatic heterocycles. The van der Waals surface area contributed by atoms with E-state index in [0.717, 1.165) is 0 Å². The second-order valence-corrected chi connectivity index (χ2v) is 4.12. The van der Waals surface area contributed by atoms with E-state index in [2.05, 4.69) is 10.2 Å². The summed E-state index contributed by atoms with van der Waals surface area (Å²) >= 11 is 0. The van der Waals surface area contributed by atoms with Crippen LogP contribution in [0.15, 0.2) is 30.5 Å². The number of aromatic nitrogens is 2. The molecule has 0 unspecified atom stereocenters. The van der Waals surface area contributed by atoms with Gasteiger partial charge in [-0.05, 0) is 0 Å². The summed E-state index contributed by atoms with van der Waals surface area (Å²) in [4.78, 5) is 11.4. The van der Waals surface area contributed by atoms with Crippen molar-refractivity contribution in [3.63, 3.8) is 0 Å². The molecule has 106 valence electrons. The Kier molecular flexibility index (Phi) is 3.73. The topological polar surface area (TPSA) is 66.3 Å². The number of halogens is 3. The molecule has 1 aromatic heterocycles. The fourth-order valence-electron chi connectivity index (χ4n) is 1.83. The third-order valence-electron chi connectivity index (χ3n) is 2.55. The maximum absolute atomic E-state index is 12.6. The lowest BCUT2D eigenvalue weighted by molar-refractivity contribution is -0.136. The minimum absolute atomic E-state index is 0.0946. The molecule has 0 saturated carbocycles. The minimum Gasteiger partial charge on any atom is -0.480 e. The molecule has 5 nitrogen and oxygen atoms in total. The van der Waals surface area contributed by atoms with Gasteiger partial charge in [0.25, 0.3) is 0 Å². The van der Waals surface area contributed by atoms with Gasteiger partial charge in [-0.2, -0.15) is 18.3 Å². The molecule has 0 aliphatic rings. The van der Waals surface area contributed by atoms with Crippen molar-refractivity contribution in [1.29, 1.82) is 0 Å². The molecule has 2 aromatic rings. The van der Waals surface area contributed by atoms with Crippen molar-refractivity contribution in [2.45, 2.75) is 6.18 Å². The van der Waals surface area contributed by atoms with E-state index in [1.54, 1.807) is 24.3 Å². The predicted molar refractivity (Wildman–Crippen MR) is 65.4 cm³/mol. The average molecular weight is 285 g/mol. The van der Waals surface area contributed by atoms with Gasteiger partial charge in [0.05, 0.1) is 6.20 Å². The van der Waals surface area contributed by atoms with Gasteiger partial charge in [-0.3, -0.25) is 4.79 Å². The normalized spacial score (nSPS) is 11.6. The van der Waals surface area contributed by atoms with Crippen molar-refractivity contribution in [1.82, 2.24) is 10.2 Å². The van der Waals surface area contributed by atoms with Gasteiger partial charge in [0.15, 0.2) is 5.82 Å². The number of anilines is 1. The monoisotopic (exact) mass is 285 g/mol. The molecule has 0 fully saturated rings. The zero-order valence-electron chi connectivity index (χ0n) is 10.1. The third-order valence-corrected chi connectivity index (χ3v) is 2.55. The van der Waals surface area contributed by atoms with Gasteiger partial charge in [0.2, 0.25) is 0 Å². The SMILES string of the molecule is O=C(O)CN(CC(F)(F)F)c1nncc2ccccc12. The van der Waals surface area contributed by atoms with Gasteiger partial charge in [-0.25, -0.2) is 0 Å². The van der Waals surface area contributed by atoms with Crippen LogP contribution >= 0.6 is 0 Å². The summed E-state index contributed by atoms with van der Waals surface area (Å²) in [5.74, 6) is -1.47. The number of carboxylic acids is 1. The molecule has 1 heterocycles. The standard InChI is InChI=1S/C12H10F3N3O2/c13-12(14,15)7-18(6-10(19)20)11-9-4-2-1-3-8(9)5-16-17-11/h1-5H,6-7H2,(H,19,20).